The van der Waals surface area contributed by atoms with Crippen LogP contribution in [0.5, 0.6) is 0 Å². The van der Waals surface area contributed by atoms with Gasteiger partial charge in [-0.05, 0) is 25.7 Å². The van der Waals surface area contributed by atoms with E-state index in [0.717, 1.165) is 6.42 Å². The van der Waals surface area contributed by atoms with E-state index in [1.165, 1.54) is 0 Å². The summed E-state index contributed by atoms with van der Waals surface area (Å²) in [5.41, 5.74) is -0.787. The molecule has 0 spiro atoms. The van der Waals surface area contributed by atoms with Gasteiger partial charge in [0, 0.05) is 0 Å². The summed E-state index contributed by atoms with van der Waals surface area (Å²) in [6.07, 6.45) is 8.20. The molecule has 0 aromatic heterocycles. The number of rotatable bonds is 3. The monoisotopic (exact) mass is 190 g/mol. The van der Waals surface area contributed by atoms with Crippen LogP contribution in [-0.2, 0) is 4.79 Å². The summed E-state index contributed by atoms with van der Waals surface area (Å²) in [7, 11) is 0. The standard InChI is InChI=1S/C11H14N2O/c1-3-9(4-2)13-10(14)11(8-12)6-5-7-11/h1,9H,4-7H2,2H3,(H,13,14). The Morgan fingerprint density at radius 2 is 2.36 bits per heavy atom. The Hall–Kier alpha value is -1.48. The first-order valence-corrected chi connectivity index (χ1v) is 4.87. The van der Waals surface area contributed by atoms with Crippen molar-refractivity contribution in [3.05, 3.63) is 0 Å². The fraction of sp³-hybridized carbons (Fsp3) is 0.636. The molecule has 74 valence electrons. The van der Waals surface area contributed by atoms with E-state index in [0.29, 0.717) is 19.3 Å². The van der Waals surface area contributed by atoms with Crippen LogP contribution in [0.2, 0.25) is 0 Å². The Morgan fingerprint density at radius 3 is 2.64 bits per heavy atom. The quantitative estimate of drug-likeness (QED) is 0.680. The zero-order valence-corrected chi connectivity index (χ0v) is 8.34. The normalized spacial score (nSPS) is 19.6. The van der Waals surface area contributed by atoms with Crippen molar-refractivity contribution in [1.29, 1.82) is 5.26 Å². The highest BCUT2D eigenvalue weighted by Gasteiger charge is 2.44. The maximum absolute atomic E-state index is 11.7. The lowest BCUT2D eigenvalue weighted by molar-refractivity contribution is -0.132. The van der Waals surface area contributed by atoms with Gasteiger partial charge in [-0.1, -0.05) is 12.8 Å². The zero-order valence-electron chi connectivity index (χ0n) is 8.34. The number of amides is 1. The molecule has 0 aromatic rings. The van der Waals surface area contributed by atoms with Crippen LogP contribution in [-0.4, -0.2) is 11.9 Å². The Bertz CT molecular complexity index is 304. The van der Waals surface area contributed by atoms with E-state index >= 15 is 0 Å². The highest BCUT2D eigenvalue weighted by atomic mass is 16.2. The number of hydrogen-bond acceptors (Lipinski definition) is 2. The van der Waals surface area contributed by atoms with Crippen LogP contribution in [0, 0.1) is 29.1 Å². The van der Waals surface area contributed by atoms with E-state index in [4.69, 9.17) is 11.7 Å². The topological polar surface area (TPSA) is 52.9 Å². The molecule has 1 aliphatic carbocycles. The van der Waals surface area contributed by atoms with Crippen molar-refractivity contribution in [3.63, 3.8) is 0 Å². The maximum atomic E-state index is 11.7. The van der Waals surface area contributed by atoms with E-state index in [1.54, 1.807) is 0 Å². The van der Waals surface area contributed by atoms with Gasteiger partial charge in [0.25, 0.3) is 0 Å². The highest BCUT2D eigenvalue weighted by molar-refractivity contribution is 5.86. The second-order valence-corrected chi connectivity index (χ2v) is 3.65. The smallest absolute Gasteiger partial charge is 0.241 e. The van der Waals surface area contributed by atoms with Crippen molar-refractivity contribution in [3.8, 4) is 18.4 Å². The van der Waals surface area contributed by atoms with E-state index in [9.17, 15) is 4.79 Å². The van der Waals surface area contributed by atoms with Gasteiger partial charge in [-0.2, -0.15) is 5.26 Å². The van der Waals surface area contributed by atoms with Gasteiger partial charge in [0.1, 0.15) is 5.41 Å². The van der Waals surface area contributed by atoms with Crippen LogP contribution in [0.25, 0.3) is 0 Å². The fourth-order valence-electron chi connectivity index (χ4n) is 1.48. The molecule has 1 aliphatic rings. The third-order valence-corrected chi connectivity index (χ3v) is 2.77. The Balaban J connectivity index is 2.59. The first-order chi connectivity index (χ1) is 6.68. The summed E-state index contributed by atoms with van der Waals surface area (Å²) in [5.74, 6) is 2.29. The van der Waals surface area contributed by atoms with Crippen LogP contribution in [0.3, 0.4) is 0 Å². The molecule has 0 aliphatic heterocycles. The Kier molecular flexibility index (Phi) is 3.14. The number of hydrogen-bond donors (Lipinski definition) is 1. The molecule has 1 fully saturated rings. The van der Waals surface area contributed by atoms with Crippen LogP contribution in [0.15, 0.2) is 0 Å². The predicted molar refractivity (Wildman–Crippen MR) is 53.0 cm³/mol. The van der Waals surface area contributed by atoms with E-state index in [2.05, 4.69) is 17.3 Å². The molecule has 0 heterocycles. The summed E-state index contributed by atoms with van der Waals surface area (Å²) in [4.78, 5) is 11.7. The molecule has 1 amide bonds. The first-order valence-electron chi connectivity index (χ1n) is 4.87. The third kappa shape index (κ3) is 1.72. The van der Waals surface area contributed by atoms with Crippen LogP contribution >= 0.6 is 0 Å². The van der Waals surface area contributed by atoms with E-state index < -0.39 is 5.41 Å². The minimum absolute atomic E-state index is 0.198. The third-order valence-electron chi connectivity index (χ3n) is 2.77. The second-order valence-electron chi connectivity index (χ2n) is 3.65. The lowest BCUT2D eigenvalue weighted by atomic mass is 9.69. The minimum atomic E-state index is -0.787. The molecule has 0 radical (unpaired) electrons. The van der Waals surface area contributed by atoms with Gasteiger partial charge in [-0.25, -0.2) is 0 Å². The average Bonchev–Trinajstić information content (AvgIpc) is 2.13. The van der Waals surface area contributed by atoms with Crippen LogP contribution in [0.4, 0.5) is 0 Å². The van der Waals surface area contributed by atoms with Gasteiger partial charge in [-0.15, -0.1) is 6.42 Å². The number of nitriles is 1. The molecule has 0 aromatic carbocycles. The predicted octanol–water partition coefficient (Wildman–Crippen LogP) is 1.21. The molecule has 0 saturated heterocycles. The molecule has 14 heavy (non-hydrogen) atoms. The van der Waals surface area contributed by atoms with Gasteiger partial charge in [0.2, 0.25) is 5.91 Å². The molecule has 3 nitrogen and oxygen atoms in total. The van der Waals surface area contributed by atoms with Gasteiger partial charge in [0.15, 0.2) is 0 Å². The van der Waals surface area contributed by atoms with Crippen molar-refractivity contribution < 1.29 is 4.79 Å². The zero-order chi connectivity index (χ0) is 10.6. The fourth-order valence-corrected chi connectivity index (χ4v) is 1.48. The summed E-state index contributed by atoms with van der Waals surface area (Å²) in [6.45, 7) is 1.91. The van der Waals surface area contributed by atoms with Crippen molar-refractivity contribution in [2.75, 3.05) is 0 Å². The van der Waals surface area contributed by atoms with Crippen LogP contribution < -0.4 is 5.32 Å². The van der Waals surface area contributed by atoms with Crippen molar-refractivity contribution in [2.24, 2.45) is 5.41 Å². The Labute approximate surface area is 84.5 Å². The van der Waals surface area contributed by atoms with Crippen molar-refractivity contribution in [2.45, 2.75) is 38.6 Å². The number of nitrogens with one attached hydrogen (secondary N) is 1. The van der Waals surface area contributed by atoms with Gasteiger partial charge in [-0.3, -0.25) is 4.79 Å². The second kappa shape index (κ2) is 4.15. The van der Waals surface area contributed by atoms with Crippen LogP contribution in [0.1, 0.15) is 32.6 Å². The number of terminal acetylenes is 1. The Morgan fingerprint density at radius 1 is 1.71 bits per heavy atom. The van der Waals surface area contributed by atoms with Gasteiger partial charge in [0.05, 0.1) is 12.1 Å². The molecular weight excluding hydrogens is 176 g/mol. The molecule has 1 rings (SSSR count). The number of carbonyl (C=O) groups is 1. The molecule has 1 N–H and O–H groups in total. The summed E-state index contributed by atoms with van der Waals surface area (Å²) >= 11 is 0. The van der Waals surface area contributed by atoms with Crippen molar-refractivity contribution in [1.82, 2.24) is 5.32 Å². The molecular formula is C11H14N2O. The molecule has 1 saturated carbocycles. The summed E-state index contributed by atoms with van der Waals surface area (Å²) in [6, 6.07) is 1.85. The molecule has 1 atom stereocenters. The minimum Gasteiger partial charge on any atom is -0.341 e. The molecule has 3 heteroatoms. The SMILES string of the molecule is C#CC(CC)NC(=O)C1(C#N)CCC1. The lowest BCUT2D eigenvalue weighted by Crippen LogP contribution is -2.47. The maximum Gasteiger partial charge on any atom is 0.241 e. The van der Waals surface area contributed by atoms with Crippen molar-refractivity contribution >= 4 is 5.91 Å². The molecule has 0 bridgehead atoms. The average molecular weight is 190 g/mol. The number of carbonyl (C=O) groups excluding carboxylic acids is 1. The summed E-state index contributed by atoms with van der Waals surface area (Å²) in [5, 5.41) is 11.6. The van der Waals surface area contributed by atoms with Gasteiger partial charge >= 0.3 is 0 Å². The van der Waals surface area contributed by atoms with E-state index in [-0.39, 0.29) is 11.9 Å². The first kappa shape index (κ1) is 10.6. The molecule has 1 unspecified atom stereocenters. The largest absolute Gasteiger partial charge is 0.341 e. The highest BCUT2D eigenvalue weighted by Crippen LogP contribution is 2.40. The lowest BCUT2D eigenvalue weighted by Gasteiger charge is -2.34. The van der Waals surface area contributed by atoms with E-state index in [1.807, 2.05) is 6.92 Å². The van der Waals surface area contributed by atoms with Gasteiger partial charge < -0.3 is 5.32 Å². The number of nitrogens with zero attached hydrogens (tertiary/aromatic N) is 1. The summed E-state index contributed by atoms with van der Waals surface area (Å²) < 4.78 is 0.